The minimum atomic E-state index is 0.402. The fourth-order valence-corrected chi connectivity index (χ4v) is 1.67. The lowest BCUT2D eigenvalue weighted by Gasteiger charge is -2.42. The highest BCUT2D eigenvalue weighted by molar-refractivity contribution is 7.64. The minimum absolute atomic E-state index is 0.402. The van der Waals surface area contributed by atoms with E-state index in [1.807, 2.05) is 0 Å². The molecule has 48 valence electrons. The molecule has 0 aromatic heterocycles. The van der Waals surface area contributed by atoms with Gasteiger partial charge in [0.1, 0.15) is 0 Å². The quantitative estimate of drug-likeness (QED) is 0.474. The van der Waals surface area contributed by atoms with Crippen molar-refractivity contribution < 1.29 is 0 Å². The molecule has 0 spiro atoms. The van der Waals surface area contributed by atoms with Crippen LogP contribution in [0.4, 0.5) is 0 Å². The Bertz CT molecular complexity index is 62.9. The molecule has 0 aromatic carbocycles. The van der Waals surface area contributed by atoms with Gasteiger partial charge in [0.05, 0.1) is 0 Å². The Balaban J connectivity index is 2.28. The first kappa shape index (κ1) is 6.81. The van der Waals surface area contributed by atoms with E-state index in [2.05, 4.69) is 0 Å². The SMILES string of the molecule is [S-]C1CCCCC1[S-]. The molecule has 2 atom stereocenters. The van der Waals surface area contributed by atoms with E-state index in [1.54, 1.807) is 0 Å². The first-order chi connectivity index (χ1) is 3.80. The second-order valence-corrected chi connectivity index (χ2v) is 3.57. The maximum Gasteiger partial charge on any atom is -0.0550 e. The Hall–Kier alpha value is 0.700. The van der Waals surface area contributed by atoms with Gasteiger partial charge in [0, 0.05) is 0 Å². The standard InChI is InChI=1S/C6H12S2/c7-5-3-1-2-4-6(5)8/h5-8H,1-4H2/p-2. The average molecular weight is 146 g/mol. The molecule has 0 aromatic rings. The minimum Gasteiger partial charge on any atom is -0.791 e. The summed E-state index contributed by atoms with van der Waals surface area (Å²) in [6, 6.07) is 0. The van der Waals surface area contributed by atoms with E-state index in [0.29, 0.717) is 10.5 Å². The molecule has 0 nitrogen and oxygen atoms in total. The molecular weight excluding hydrogens is 136 g/mol. The summed E-state index contributed by atoms with van der Waals surface area (Å²) in [6.07, 6.45) is 4.98. The molecule has 0 heterocycles. The van der Waals surface area contributed by atoms with Crippen LogP contribution >= 0.6 is 0 Å². The summed E-state index contributed by atoms with van der Waals surface area (Å²) in [7, 11) is 0. The van der Waals surface area contributed by atoms with Crippen molar-refractivity contribution in [2.45, 2.75) is 36.2 Å². The number of rotatable bonds is 0. The van der Waals surface area contributed by atoms with E-state index in [0.717, 1.165) is 0 Å². The van der Waals surface area contributed by atoms with Crippen LogP contribution < -0.4 is 0 Å². The second-order valence-electron chi connectivity index (χ2n) is 2.36. The number of hydrogen-bond donors (Lipinski definition) is 0. The van der Waals surface area contributed by atoms with Gasteiger partial charge in [-0.3, -0.25) is 0 Å². The summed E-state index contributed by atoms with van der Waals surface area (Å²) in [5.41, 5.74) is 0. The first-order valence-corrected chi connectivity index (χ1v) is 4.06. The fourth-order valence-electron chi connectivity index (χ4n) is 1.06. The summed E-state index contributed by atoms with van der Waals surface area (Å²) < 4.78 is 0. The summed E-state index contributed by atoms with van der Waals surface area (Å²) in [5.74, 6) is 0. The molecule has 8 heavy (non-hydrogen) atoms. The molecule has 0 saturated heterocycles. The van der Waals surface area contributed by atoms with E-state index < -0.39 is 0 Å². The Labute approximate surface area is 61.9 Å². The van der Waals surface area contributed by atoms with E-state index in [1.165, 1.54) is 25.7 Å². The molecule has 0 bridgehead atoms. The first-order valence-electron chi connectivity index (χ1n) is 3.12. The van der Waals surface area contributed by atoms with Crippen molar-refractivity contribution in [1.29, 1.82) is 0 Å². The molecule has 1 aliphatic carbocycles. The van der Waals surface area contributed by atoms with Crippen molar-refractivity contribution in [3.8, 4) is 0 Å². The highest BCUT2D eigenvalue weighted by atomic mass is 32.1. The number of hydrogen-bond acceptors (Lipinski definition) is 2. The molecular formula is C6H10S2-2. The van der Waals surface area contributed by atoms with Crippen molar-refractivity contribution in [2.24, 2.45) is 0 Å². The third-order valence-electron chi connectivity index (χ3n) is 1.64. The lowest BCUT2D eigenvalue weighted by molar-refractivity contribution is 0.530. The summed E-state index contributed by atoms with van der Waals surface area (Å²) >= 11 is 10.2. The van der Waals surface area contributed by atoms with Crippen LogP contribution in [0.15, 0.2) is 0 Å². The van der Waals surface area contributed by atoms with Gasteiger partial charge in [0.15, 0.2) is 0 Å². The summed E-state index contributed by atoms with van der Waals surface area (Å²) in [5, 5.41) is 0.803. The van der Waals surface area contributed by atoms with E-state index >= 15 is 0 Å². The van der Waals surface area contributed by atoms with Crippen molar-refractivity contribution in [2.75, 3.05) is 0 Å². The molecule has 0 radical (unpaired) electrons. The van der Waals surface area contributed by atoms with Gasteiger partial charge in [0.2, 0.25) is 0 Å². The molecule has 2 unspecified atom stereocenters. The van der Waals surface area contributed by atoms with Crippen LogP contribution in [-0.4, -0.2) is 10.5 Å². The predicted octanol–water partition coefficient (Wildman–Crippen LogP) is 1.39. The Morgan fingerprint density at radius 3 is 1.50 bits per heavy atom. The Morgan fingerprint density at radius 1 is 0.875 bits per heavy atom. The molecule has 0 amide bonds. The molecule has 1 rings (SSSR count). The Morgan fingerprint density at radius 2 is 1.25 bits per heavy atom. The normalized spacial score (nSPS) is 39.8. The molecule has 1 aliphatic rings. The van der Waals surface area contributed by atoms with Crippen LogP contribution in [0.3, 0.4) is 0 Å². The maximum atomic E-state index is 5.11. The van der Waals surface area contributed by atoms with Crippen LogP contribution in [0.2, 0.25) is 0 Å². The van der Waals surface area contributed by atoms with Gasteiger partial charge >= 0.3 is 0 Å². The van der Waals surface area contributed by atoms with Crippen molar-refractivity contribution >= 4 is 25.3 Å². The topological polar surface area (TPSA) is 0 Å². The molecule has 1 fully saturated rings. The zero-order valence-corrected chi connectivity index (χ0v) is 6.43. The van der Waals surface area contributed by atoms with Gasteiger partial charge in [-0.25, -0.2) is 0 Å². The van der Waals surface area contributed by atoms with E-state index in [4.69, 9.17) is 25.3 Å². The zero-order chi connectivity index (χ0) is 5.98. The van der Waals surface area contributed by atoms with E-state index in [9.17, 15) is 0 Å². The van der Waals surface area contributed by atoms with Gasteiger partial charge < -0.3 is 25.3 Å². The third-order valence-corrected chi connectivity index (χ3v) is 2.94. The second kappa shape index (κ2) is 3.02. The average Bonchev–Trinajstić information content (AvgIpc) is 1.77. The predicted molar refractivity (Wildman–Crippen MR) is 40.8 cm³/mol. The molecule has 0 aliphatic heterocycles. The van der Waals surface area contributed by atoms with Gasteiger partial charge in [-0.1, -0.05) is 25.7 Å². The third kappa shape index (κ3) is 1.59. The lowest BCUT2D eigenvalue weighted by Crippen LogP contribution is -2.25. The lowest BCUT2D eigenvalue weighted by atomic mass is 10.00. The smallest absolute Gasteiger partial charge is 0.0550 e. The molecule has 0 N–H and O–H groups in total. The maximum absolute atomic E-state index is 5.11. The van der Waals surface area contributed by atoms with Gasteiger partial charge in [-0.05, 0) is 0 Å². The summed E-state index contributed by atoms with van der Waals surface area (Å²) in [6.45, 7) is 0. The zero-order valence-electron chi connectivity index (χ0n) is 4.80. The fraction of sp³-hybridized carbons (Fsp3) is 1.00. The molecule has 1 saturated carbocycles. The van der Waals surface area contributed by atoms with Gasteiger partial charge in [0.25, 0.3) is 0 Å². The van der Waals surface area contributed by atoms with Crippen molar-refractivity contribution in [1.82, 2.24) is 0 Å². The monoisotopic (exact) mass is 146 g/mol. The van der Waals surface area contributed by atoms with Crippen LogP contribution in [-0.2, 0) is 25.3 Å². The van der Waals surface area contributed by atoms with E-state index in [-0.39, 0.29) is 0 Å². The highest BCUT2D eigenvalue weighted by Gasteiger charge is 2.03. The molecule has 2 heteroatoms. The largest absolute Gasteiger partial charge is 0.791 e. The van der Waals surface area contributed by atoms with Crippen molar-refractivity contribution in [3.05, 3.63) is 0 Å². The van der Waals surface area contributed by atoms with Crippen LogP contribution in [0, 0.1) is 0 Å². The van der Waals surface area contributed by atoms with Crippen LogP contribution in [0.5, 0.6) is 0 Å². The van der Waals surface area contributed by atoms with Gasteiger partial charge in [-0.15, -0.1) is 0 Å². The van der Waals surface area contributed by atoms with Gasteiger partial charge in [-0.2, -0.15) is 10.5 Å². The Kier molecular flexibility index (Phi) is 2.57. The van der Waals surface area contributed by atoms with Crippen LogP contribution in [0.1, 0.15) is 25.7 Å². The van der Waals surface area contributed by atoms with Crippen LogP contribution in [0.25, 0.3) is 0 Å². The van der Waals surface area contributed by atoms with Crippen molar-refractivity contribution in [3.63, 3.8) is 0 Å². The highest BCUT2D eigenvalue weighted by Crippen LogP contribution is 2.19. The summed E-state index contributed by atoms with van der Waals surface area (Å²) in [4.78, 5) is 0.